The third-order valence-corrected chi connectivity index (χ3v) is 5.18. The normalized spacial score (nSPS) is 19.1. The minimum atomic E-state index is -0.463. The molecule has 0 bridgehead atoms. The average molecular weight is 401 g/mol. The number of ether oxygens (including phenoxy) is 2. The molecule has 1 aliphatic heterocycles. The van der Waals surface area contributed by atoms with E-state index in [1.807, 2.05) is 19.1 Å². The fourth-order valence-corrected chi connectivity index (χ4v) is 3.76. The summed E-state index contributed by atoms with van der Waals surface area (Å²) in [5.41, 5.74) is 7.39. The highest BCUT2D eigenvalue weighted by molar-refractivity contribution is 8.13. The first-order chi connectivity index (χ1) is 13.5. The molecule has 2 aromatic rings. The number of pyridine rings is 1. The first-order valence-corrected chi connectivity index (χ1v) is 9.89. The second-order valence-electron chi connectivity index (χ2n) is 6.55. The Kier molecular flexibility index (Phi) is 6.58. The van der Waals surface area contributed by atoms with Gasteiger partial charge in [-0.2, -0.15) is 0 Å². The van der Waals surface area contributed by atoms with E-state index < -0.39 is 5.54 Å². The minimum absolute atomic E-state index is 0.125. The van der Waals surface area contributed by atoms with E-state index >= 15 is 0 Å². The predicted octanol–water partition coefficient (Wildman–Crippen LogP) is 1.99. The molecule has 1 atom stereocenters. The molecule has 0 saturated carbocycles. The largest absolute Gasteiger partial charge is 0.474 e. The third-order valence-electron chi connectivity index (χ3n) is 4.39. The number of methoxy groups -OCH3 is 1. The van der Waals surface area contributed by atoms with Gasteiger partial charge in [-0.25, -0.2) is 15.0 Å². The Morgan fingerprint density at radius 3 is 2.86 bits per heavy atom. The van der Waals surface area contributed by atoms with E-state index in [0.29, 0.717) is 30.0 Å². The molecule has 148 valence electrons. The lowest BCUT2D eigenvalue weighted by atomic mass is 9.93. The summed E-state index contributed by atoms with van der Waals surface area (Å²) in [4.78, 5) is 29.9. The van der Waals surface area contributed by atoms with Crippen molar-refractivity contribution in [2.75, 3.05) is 26.1 Å². The summed E-state index contributed by atoms with van der Waals surface area (Å²) in [6.45, 7) is 2.85. The van der Waals surface area contributed by atoms with Gasteiger partial charge in [0.1, 0.15) is 17.8 Å². The monoisotopic (exact) mass is 401 g/mol. The molecule has 0 spiro atoms. The third kappa shape index (κ3) is 5.05. The first kappa shape index (κ1) is 20.2. The Hall–Kier alpha value is -2.52. The molecule has 8 nitrogen and oxygen atoms in total. The topological polar surface area (TPSA) is 113 Å². The number of ketones is 1. The molecule has 2 N–H and O–H groups in total. The van der Waals surface area contributed by atoms with E-state index in [-0.39, 0.29) is 12.2 Å². The number of carbonyl (C=O) groups excluding carboxylic acids is 1. The maximum atomic E-state index is 12.6. The van der Waals surface area contributed by atoms with E-state index in [0.717, 1.165) is 23.4 Å². The quantitative estimate of drug-likeness (QED) is 0.528. The number of aliphatic imine (C=N–C) groups is 1. The standard InChI is InChI=1S/C19H23N5O3S/c1-19(4-8-28-18(20)24-19)16-10-13(3-5-21-16)9-15(25)14-11-23-17(12-22-14)27-7-6-26-2/h3,5,10-12H,4,6-9H2,1-2H3,(H2,20,24)/t19-/m0/s1. The van der Waals surface area contributed by atoms with Crippen LogP contribution in [-0.4, -0.2) is 52.0 Å². The second-order valence-corrected chi connectivity index (χ2v) is 7.67. The zero-order chi connectivity index (χ0) is 20.0. The average Bonchev–Trinajstić information content (AvgIpc) is 2.69. The summed E-state index contributed by atoms with van der Waals surface area (Å²) in [7, 11) is 1.59. The Labute approximate surface area is 168 Å². The lowest BCUT2D eigenvalue weighted by molar-refractivity contribution is 0.0987. The van der Waals surface area contributed by atoms with Crippen molar-refractivity contribution in [3.63, 3.8) is 0 Å². The van der Waals surface area contributed by atoms with Crippen LogP contribution in [0.3, 0.4) is 0 Å². The molecular weight excluding hydrogens is 378 g/mol. The molecule has 28 heavy (non-hydrogen) atoms. The number of thioether (sulfide) groups is 1. The van der Waals surface area contributed by atoms with E-state index in [4.69, 9.17) is 15.2 Å². The van der Waals surface area contributed by atoms with E-state index in [1.165, 1.54) is 12.4 Å². The molecule has 9 heteroatoms. The van der Waals surface area contributed by atoms with Crippen LogP contribution < -0.4 is 10.5 Å². The summed E-state index contributed by atoms with van der Waals surface area (Å²) in [6.07, 6.45) is 5.63. The summed E-state index contributed by atoms with van der Waals surface area (Å²) >= 11 is 1.55. The number of hydrogen-bond acceptors (Lipinski definition) is 9. The molecule has 0 amide bonds. The van der Waals surface area contributed by atoms with Crippen LogP contribution in [0.5, 0.6) is 5.88 Å². The molecule has 1 aliphatic rings. The van der Waals surface area contributed by atoms with Gasteiger partial charge in [0.2, 0.25) is 5.88 Å². The second kappa shape index (κ2) is 9.11. The summed E-state index contributed by atoms with van der Waals surface area (Å²) < 4.78 is 10.3. The number of aromatic nitrogens is 3. The zero-order valence-corrected chi connectivity index (χ0v) is 16.7. The van der Waals surface area contributed by atoms with Crippen LogP contribution in [0.25, 0.3) is 0 Å². The number of amidine groups is 1. The highest BCUT2D eigenvalue weighted by Gasteiger charge is 2.31. The fraction of sp³-hybridized carbons (Fsp3) is 0.421. The molecule has 0 saturated heterocycles. The van der Waals surface area contributed by atoms with Crippen molar-refractivity contribution in [3.05, 3.63) is 47.7 Å². The van der Waals surface area contributed by atoms with Crippen LogP contribution in [0.2, 0.25) is 0 Å². The smallest absolute Gasteiger partial charge is 0.232 e. The van der Waals surface area contributed by atoms with Crippen LogP contribution in [0.4, 0.5) is 0 Å². The molecule has 0 unspecified atom stereocenters. The van der Waals surface area contributed by atoms with Crippen molar-refractivity contribution in [1.82, 2.24) is 15.0 Å². The van der Waals surface area contributed by atoms with Gasteiger partial charge in [-0.1, -0.05) is 11.8 Å². The van der Waals surface area contributed by atoms with Crippen LogP contribution in [-0.2, 0) is 16.7 Å². The number of hydrogen-bond donors (Lipinski definition) is 1. The number of Topliss-reactive ketones (excluding diaryl/α,β-unsaturated/α-hetero) is 1. The zero-order valence-electron chi connectivity index (χ0n) is 15.9. The van der Waals surface area contributed by atoms with Gasteiger partial charge in [-0.05, 0) is 31.0 Å². The first-order valence-electron chi connectivity index (χ1n) is 8.91. The highest BCUT2D eigenvalue weighted by atomic mass is 32.2. The van der Waals surface area contributed by atoms with Crippen molar-refractivity contribution >= 4 is 22.7 Å². The highest BCUT2D eigenvalue weighted by Crippen LogP contribution is 2.34. The molecule has 0 radical (unpaired) electrons. The predicted molar refractivity (Wildman–Crippen MR) is 108 cm³/mol. The molecular formula is C19H23N5O3S. The number of nitrogens with zero attached hydrogens (tertiary/aromatic N) is 4. The molecule has 0 aliphatic carbocycles. The van der Waals surface area contributed by atoms with Crippen LogP contribution in [0.1, 0.15) is 35.1 Å². The van der Waals surface area contributed by atoms with Gasteiger partial charge in [0.25, 0.3) is 0 Å². The van der Waals surface area contributed by atoms with E-state index in [2.05, 4.69) is 19.9 Å². The summed E-state index contributed by atoms with van der Waals surface area (Å²) in [6, 6.07) is 3.74. The van der Waals surface area contributed by atoms with Gasteiger partial charge in [-0.3, -0.25) is 9.78 Å². The lowest BCUT2D eigenvalue weighted by Crippen LogP contribution is -2.29. The molecule has 2 aromatic heterocycles. The van der Waals surface area contributed by atoms with Gasteiger partial charge < -0.3 is 15.2 Å². The Balaban J connectivity index is 1.68. The fourth-order valence-electron chi connectivity index (χ4n) is 2.79. The SMILES string of the molecule is COCCOc1cnc(C(=O)Cc2ccnc([C@]3(C)CCSC(N)=N3)c2)cn1. The van der Waals surface area contributed by atoms with Crippen molar-refractivity contribution in [1.29, 1.82) is 0 Å². The van der Waals surface area contributed by atoms with Gasteiger partial charge >= 0.3 is 0 Å². The lowest BCUT2D eigenvalue weighted by Gasteiger charge is -2.28. The van der Waals surface area contributed by atoms with Crippen molar-refractivity contribution in [2.24, 2.45) is 10.7 Å². The maximum absolute atomic E-state index is 12.6. The van der Waals surface area contributed by atoms with Crippen LogP contribution in [0.15, 0.2) is 35.7 Å². The molecule has 0 fully saturated rings. The minimum Gasteiger partial charge on any atom is -0.474 e. The van der Waals surface area contributed by atoms with Crippen molar-refractivity contribution < 1.29 is 14.3 Å². The van der Waals surface area contributed by atoms with Crippen LogP contribution >= 0.6 is 11.8 Å². The number of nitrogens with two attached hydrogens (primary N) is 1. The van der Waals surface area contributed by atoms with Gasteiger partial charge in [0, 0.05) is 25.5 Å². The van der Waals surface area contributed by atoms with Crippen molar-refractivity contribution in [3.8, 4) is 5.88 Å². The van der Waals surface area contributed by atoms with Gasteiger partial charge in [-0.15, -0.1) is 0 Å². The Morgan fingerprint density at radius 2 is 2.14 bits per heavy atom. The van der Waals surface area contributed by atoms with Crippen LogP contribution in [0, 0.1) is 0 Å². The number of carbonyl (C=O) groups is 1. The van der Waals surface area contributed by atoms with Gasteiger partial charge in [0.15, 0.2) is 11.0 Å². The summed E-state index contributed by atoms with van der Waals surface area (Å²) in [5, 5.41) is 0.570. The number of rotatable bonds is 8. The van der Waals surface area contributed by atoms with E-state index in [9.17, 15) is 4.79 Å². The molecule has 3 heterocycles. The Bertz CT molecular complexity index is 859. The molecule has 3 rings (SSSR count). The van der Waals surface area contributed by atoms with E-state index in [1.54, 1.807) is 25.1 Å². The Morgan fingerprint density at radius 1 is 1.29 bits per heavy atom. The van der Waals surface area contributed by atoms with Crippen molar-refractivity contribution in [2.45, 2.75) is 25.3 Å². The summed E-state index contributed by atoms with van der Waals surface area (Å²) in [5.74, 6) is 1.13. The maximum Gasteiger partial charge on any atom is 0.232 e. The molecule has 0 aromatic carbocycles. The van der Waals surface area contributed by atoms with Gasteiger partial charge in [0.05, 0.1) is 24.7 Å².